The zero-order valence-corrected chi connectivity index (χ0v) is 13.1. The van der Waals surface area contributed by atoms with Crippen molar-refractivity contribution in [3.8, 4) is 11.5 Å². The SMILES string of the molecule is COc1ccc(Br)c(CCN2CCNCC2)c1OC. The molecule has 0 aliphatic carbocycles. The van der Waals surface area contributed by atoms with E-state index in [1.807, 2.05) is 12.1 Å². The third-order valence-corrected chi connectivity index (χ3v) is 4.22. The molecule has 1 saturated heterocycles. The molecule has 0 bridgehead atoms. The quantitative estimate of drug-likeness (QED) is 0.895. The van der Waals surface area contributed by atoms with Crippen LogP contribution in [0.25, 0.3) is 0 Å². The Hall–Kier alpha value is -0.780. The van der Waals surface area contributed by atoms with Crippen molar-refractivity contribution in [1.82, 2.24) is 10.2 Å². The molecule has 1 aliphatic heterocycles. The fourth-order valence-corrected chi connectivity index (χ4v) is 2.91. The molecule has 1 N–H and O–H groups in total. The van der Waals surface area contributed by atoms with E-state index in [9.17, 15) is 0 Å². The zero-order valence-electron chi connectivity index (χ0n) is 11.5. The molecule has 1 fully saturated rings. The maximum atomic E-state index is 5.50. The van der Waals surface area contributed by atoms with Crippen LogP contribution >= 0.6 is 15.9 Å². The average Bonchev–Trinajstić information content (AvgIpc) is 2.46. The molecule has 1 aromatic carbocycles. The Kier molecular flexibility index (Phi) is 5.48. The van der Waals surface area contributed by atoms with Crippen molar-refractivity contribution in [2.75, 3.05) is 46.9 Å². The molecule has 0 radical (unpaired) electrons. The Bertz CT molecular complexity index is 420. The number of halogens is 1. The van der Waals surface area contributed by atoms with Crippen molar-refractivity contribution < 1.29 is 9.47 Å². The second kappa shape index (κ2) is 7.12. The van der Waals surface area contributed by atoms with E-state index in [2.05, 4.69) is 26.1 Å². The highest BCUT2D eigenvalue weighted by Gasteiger charge is 2.16. The zero-order chi connectivity index (χ0) is 13.7. The molecule has 19 heavy (non-hydrogen) atoms. The van der Waals surface area contributed by atoms with Gasteiger partial charge in [-0.15, -0.1) is 0 Å². The standard InChI is InChI=1S/C14H21BrN2O2/c1-18-13-4-3-12(15)11(14(13)19-2)5-8-17-9-6-16-7-10-17/h3-4,16H,5-10H2,1-2H3. The van der Waals surface area contributed by atoms with Crippen molar-refractivity contribution in [3.05, 3.63) is 22.2 Å². The van der Waals surface area contributed by atoms with Gasteiger partial charge in [-0.3, -0.25) is 0 Å². The van der Waals surface area contributed by atoms with Gasteiger partial charge in [-0.25, -0.2) is 0 Å². The molecule has 4 nitrogen and oxygen atoms in total. The Morgan fingerprint density at radius 2 is 1.95 bits per heavy atom. The van der Waals surface area contributed by atoms with E-state index < -0.39 is 0 Å². The molecular weight excluding hydrogens is 308 g/mol. The molecular formula is C14H21BrN2O2. The first kappa shape index (κ1) is 14.6. The lowest BCUT2D eigenvalue weighted by molar-refractivity contribution is 0.242. The summed E-state index contributed by atoms with van der Waals surface area (Å²) in [5, 5.41) is 3.37. The lowest BCUT2D eigenvalue weighted by Crippen LogP contribution is -2.44. The normalized spacial score (nSPS) is 16.4. The van der Waals surface area contributed by atoms with Crippen LogP contribution in [0.2, 0.25) is 0 Å². The van der Waals surface area contributed by atoms with E-state index in [4.69, 9.17) is 9.47 Å². The minimum absolute atomic E-state index is 0.793. The average molecular weight is 329 g/mol. The molecule has 0 saturated carbocycles. The molecule has 0 spiro atoms. The fourth-order valence-electron chi connectivity index (χ4n) is 2.40. The molecule has 0 amide bonds. The van der Waals surface area contributed by atoms with Crippen LogP contribution in [-0.4, -0.2) is 51.8 Å². The maximum Gasteiger partial charge on any atom is 0.165 e. The van der Waals surface area contributed by atoms with Gasteiger partial charge in [-0.05, 0) is 18.6 Å². The van der Waals surface area contributed by atoms with Gasteiger partial charge < -0.3 is 19.7 Å². The summed E-state index contributed by atoms with van der Waals surface area (Å²) in [5.41, 5.74) is 1.18. The van der Waals surface area contributed by atoms with Crippen molar-refractivity contribution in [2.24, 2.45) is 0 Å². The van der Waals surface area contributed by atoms with Gasteiger partial charge in [0, 0.05) is 42.8 Å². The van der Waals surface area contributed by atoms with E-state index in [0.717, 1.165) is 55.1 Å². The summed E-state index contributed by atoms with van der Waals surface area (Å²) in [5.74, 6) is 1.63. The molecule has 106 valence electrons. The summed E-state index contributed by atoms with van der Waals surface area (Å²) < 4.78 is 11.9. The van der Waals surface area contributed by atoms with Gasteiger partial charge in [0.25, 0.3) is 0 Å². The van der Waals surface area contributed by atoms with E-state index in [0.29, 0.717) is 0 Å². The summed E-state index contributed by atoms with van der Waals surface area (Å²) >= 11 is 3.61. The van der Waals surface area contributed by atoms with Crippen LogP contribution in [0.3, 0.4) is 0 Å². The highest BCUT2D eigenvalue weighted by atomic mass is 79.9. The summed E-state index contributed by atoms with van der Waals surface area (Å²) in [4.78, 5) is 2.47. The number of piperazine rings is 1. The first-order chi connectivity index (χ1) is 9.26. The van der Waals surface area contributed by atoms with E-state index in [1.54, 1.807) is 14.2 Å². The Labute approximate surface area is 123 Å². The highest BCUT2D eigenvalue weighted by Crippen LogP contribution is 2.36. The minimum atomic E-state index is 0.793. The fraction of sp³-hybridized carbons (Fsp3) is 0.571. The Morgan fingerprint density at radius 3 is 2.58 bits per heavy atom. The van der Waals surface area contributed by atoms with E-state index in [1.165, 1.54) is 5.56 Å². The first-order valence-corrected chi connectivity index (χ1v) is 7.38. The number of hydrogen-bond acceptors (Lipinski definition) is 4. The van der Waals surface area contributed by atoms with Crippen LogP contribution in [0.1, 0.15) is 5.56 Å². The predicted octanol–water partition coefficient (Wildman–Crippen LogP) is 1.91. The van der Waals surface area contributed by atoms with Gasteiger partial charge in [0.15, 0.2) is 11.5 Å². The van der Waals surface area contributed by atoms with Crippen LogP contribution in [0.5, 0.6) is 11.5 Å². The van der Waals surface area contributed by atoms with Gasteiger partial charge in [0.2, 0.25) is 0 Å². The smallest absolute Gasteiger partial charge is 0.165 e. The van der Waals surface area contributed by atoms with Crippen molar-refractivity contribution in [3.63, 3.8) is 0 Å². The second-order valence-electron chi connectivity index (χ2n) is 4.60. The molecule has 1 aromatic rings. The third kappa shape index (κ3) is 3.61. The number of methoxy groups -OCH3 is 2. The summed E-state index contributed by atoms with van der Waals surface area (Å²) in [7, 11) is 3.37. The topological polar surface area (TPSA) is 33.7 Å². The number of rotatable bonds is 5. The number of hydrogen-bond donors (Lipinski definition) is 1. The van der Waals surface area contributed by atoms with Crippen molar-refractivity contribution >= 4 is 15.9 Å². The van der Waals surface area contributed by atoms with Crippen LogP contribution in [0, 0.1) is 0 Å². The number of benzene rings is 1. The van der Waals surface area contributed by atoms with Gasteiger partial charge in [-0.1, -0.05) is 15.9 Å². The van der Waals surface area contributed by atoms with Gasteiger partial charge in [0.1, 0.15) is 0 Å². The second-order valence-corrected chi connectivity index (χ2v) is 5.46. The molecule has 0 atom stereocenters. The molecule has 0 aromatic heterocycles. The number of ether oxygens (including phenoxy) is 2. The molecule has 0 unspecified atom stereocenters. The van der Waals surface area contributed by atoms with Gasteiger partial charge in [0.05, 0.1) is 14.2 Å². The third-order valence-electron chi connectivity index (χ3n) is 3.48. The monoisotopic (exact) mass is 328 g/mol. The predicted molar refractivity (Wildman–Crippen MR) is 80.3 cm³/mol. The molecule has 1 heterocycles. The molecule has 2 rings (SSSR count). The van der Waals surface area contributed by atoms with E-state index in [-0.39, 0.29) is 0 Å². The largest absolute Gasteiger partial charge is 0.493 e. The van der Waals surface area contributed by atoms with Crippen LogP contribution in [0.15, 0.2) is 16.6 Å². The number of nitrogens with zero attached hydrogens (tertiary/aromatic N) is 1. The molecule has 5 heteroatoms. The summed E-state index contributed by atoms with van der Waals surface area (Å²) in [6.45, 7) is 5.43. The van der Waals surface area contributed by atoms with Crippen LogP contribution in [0.4, 0.5) is 0 Å². The van der Waals surface area contributed by atoms with Crippen molar-refractivity contribution in [1.29, 1.82) is 0 Å². The van der Waals surface area contributed by atoms with Gasteiger partial charge >= 0.3 is 0 Å². The maximum absolute atomic E-state index is 5.50. The summed E-state index contributed by atoms with van der Waals surface area (Å²) in [6.07, 6.45) is 0.959. The lowest BCUT2D eigenvalue weighted by atomic mass is 10.1. The van der Waals surface area contributed by atoms with Crippen molar-refractivity contribution in [2.45, 2.75) is 6.42 Å². The van der Waals surface area contributed by atoms with E-state index >= 15 is 0 Å². The Morgan fingerprint density at radius 1 is 1.21 bits per heavy atom. The Balaban J connectivity index is 2.09. The highest BCUT2D eigenvalue weighted by molar-refractivity contribution is 9.10. The summed E-state index contributed by atoms with van der Waals surface area (Å²) in [6, 6.07) is 3.95. The first-order valence-electron chi connectivity index (χ1n) is 6.58. The van der Waals surface area contributed by atoms with Crippen LogP contribution < -0.4 is 14.8 Å². The minimum Gasteiger partial charge on any atom is -0.493 e. The lowest BCUT2D eigenvalue weighted by Gasteiger charge is -2.27. The number of nitrogens with one attached hydrogen (secondary N) is 1. The molecule has 1 aliphatic rings. The van der Waals surface area contributed by atoms with Gasteiger partial charge in [-0.2, -0.15) is 0 Å². The van der Waals surface area contributed by atoms with Crippen LogP contribution in [-0.2, 0) is 6.42 Å².